The molecule has 0 aliphatic heterocycles. The van der Waals surface area contributed by atoms with E-state index in [1.165, 1.54) is 25.7 Å². The lowest BCUT2D eigenvalue weighted by atomic mass is 9.94. The van der Waals surface area contributed by atoms with E-state index < -0.39 is 12.8 Å². The lowest BCUT2D eigenvalue weighted by molar-refractivity contribution is -0.174. The first-order valence-corrected chi connectivity index (χ1v) is 6.34. The van der Waals surface area contributed by atoms with Crippen LogP contribution in [0.5, 0.6) is 0 Å². The molecule has 1 aliphatic rings. The standard InChI is InChI=1S/C12H22F3NO/c1-16-11(10-5-2-3-6-10)7-4-8-17-9-12(13,14)15/h10-11,16H,2-9H2,1H3. The van der Waals surface area contributed by atoms with Crippen molar-refractivity contribution in [2.24, 2.45) is 5.92 Å². The summed E-state index contributed by atoms with van der Waals surface area (Å²) in [5, 5.41) is 3.27. The van der Waals surface area contributed by atoms with Crippen LogP contribution in [0.15, 0.2) is 0 Å². The Balaban J connectivity index is 2.07. The van der Waals surface area contributed by atoms with Gasteiger partial charge in [-0.25, -0.2) is 0 Å². The van der Waals surface area contributed by atoms with Crippen LogP contribution in [0.2, 0.25) is 0 Å². The highest BCUT2D eigenvalue weighted by Crippen LogP contribution is 2.29. The van der Waals surface area contributed by atoms with Crippen molar-refractivity contribution >= 4 is 0 Å². The molecule has 1 atom stereocenters. The van der Waals surface area contributed by atoms with E-state index in [1.54, 1.807) is 0 Å². The topological polar surface area (TPSA) is 21.3 Å². The van der Waals surface area contributed by atoms with E-state index >= 15 is 0 Å². The Kier molecular flexibility index (Phi) is 6.27. The van der Waals surface area contributed by atoms with Crippen molar-refractivity contribution in [1.29, 1.82) is 0 Å². The molecule has 2 nitrogen and oxygen atoms in total. The zero-order valence-corrected chi connectivity index (χ0v) is 10.4. The second kappa shape index (κ2) is 7.21. The van der Waals surface area contributed by atoms with Gasteiger partial charge in [0.2, 0.25) is 0 Å². The monoisotopic (exact) mass is 253 g/mol. The summed E-state index contributed by atoms with van der Waals surface area (Å²) >= 11 is 0. The van der Waals surface area contributed by atoms with Crippen LogP contribution < -0.4 is 5.32 Å². The minimum Gasteiger partial charge on any atom is -0.372 e. The number of halogens is 3. The average Bonchev–Trinajstić information content (AvgIpc) is 2.75. The van der Waals surface area contributed by atoms with Crippen molar-refractivity contribution in [2.45, 2.75) is 50.7 Å². The smallest absolute Gasteiger partial charge is 0.372 e. The summed E-state index contributed by atoms with van der Waals surface area (Å²) in [6, 6.07) is 0.437. The second-order valence-corrected chi connectivity index (χ2v) is 4.75. The van der Waals surface area contributed by atoms with Crippen LogP contribution in [0.4, 0.5) is 13.2 Å². The molecule has 1 saturated carbocycles. The molecule has 0 aromatic carbocycles. The molecule has 0 saturated heterocycles. The van der Waals surface area contributed by atoms with Crippen LogP contribution >= 0.6 is 0 Å². The van der Waals surface area contributed by atoms with Gasteiger partial charge < -0.3 is 10.1 Å². The summed E-state index contributed by atoms with van der Waals surface area (Å²) in [7, 11) is 1.93. The van der Waals surface area contributed by atoms with Crippen molar-refractivity contribution in [2.75, 3.05) is 20.3 Å². The molecule has 102 valence electrons. The highest BCUT2D eigenvalue weighted by atomic mass is 19.4. The third-order valence-corrected chi connectivity index (χ3v) is 3.41. The zero-order chi connectivity index (χ0) is 12.7. The second-order valence-electron chi connectivity index (χ2n) is 4.75. The Morgan fingerprint density at radius 3 is 2.47 bits per heavy atom. The van der Waals surface area contributed by atoms with Gasteiger partial charge in [-0.1, -0.05) is 12.8 Å². The van der Waals surface area contributed by atoms with Crippen molar-refractivity contribution in [3.05, 3.63) is 0 Å². The van der Waals surface area contributed by atoms with Crippen molar-refractivity contribution in [3.8, 4) is 0 Å². The fourth-order valence-corrected chi connectivity index (χ4v) is 2.57. The van der Waals surface area contributed by atoms with Crippen molar-refractivity contribution < 1.29 is 17.9 Å². The highest BCUT2D eigenvalue weighted by Gasteiger charge is 2.27. The predicted octanol–water partition coefficient (Wildman–Crippen LogP) is 3.12. The highest BCUT2D eigenvalue weighted by molar-refractivity contribution is 4.79. The predicted molar refractivity (Wildman–Crippen MR) is 60.9 cm³/mol. The van der Waals surface area contributed by atoms with Crippen LogP contribution in [0.25, 0.3) is 0 Å². The number of ether oxygens (including phenoxy) is 1. The number of alkyl halides is 3. The molecule has 1 N–H and O–H groups in total. The molecule has 0 spiro atoms. The molecule has 1 rings (SSSR count). The molecular formula is C12H22F3NO. The van der Waals surface area contributed by atoms with Crippen molar-refractivity contribution in [3.63, 3.8) is 0 Å². The van der Waals surface area contributed by atoms with E-state index in [2.05, 4.69) is 10.1 Å². The number of hydrogen-bond donors (Lipinski definition) is 1. The first-order valence-electron chi connectivity index (χ1n) is 6.34. The molecular weight excluding hydrogens is 231 g/mol. The molecule has 0 heterocycles. The third kappa shape index (κ3) is 6.27. The van der Waals surface area contributed by atoms with Gasteiger partial charge in [0.15, 0.2) is 0 Å². The maximum Gasteiger partial charge on any atom is 0.411 e. The minimum absolute atomic E-state index is 0.199. The lowest BCUT2D eigenvalue weighted by Crippen LogP contribution is -2.32. The molecule has 0 amide bonds. The van der Waals surface area contributed by atoms with Crippen LogP contribution in [0.3, 0.4) is 0 Å². The minimum atomic E-state index is -4.20. The largest absolute Gasteiger partial charge is 0.411 e. The Labute approximate surface area is 101 Å². The van der Waals surface area contributed by atoms with E-state index in [1.807, 2.05) is 7.05 Å². The first kappa shape index (κ1) is 14.8. The average molecular weight is 253 g/mol. The van der Waals surface area contributed by atoms with Gasteiger partial charge in [0.1, 0.15) is 6.61 Å². The summed E-state index contributed by atoms with van der Waals surface area (Å²) in [6.45, 7) is -0.926. The Hall–Kier alpha value is -0.290. The summed E-state index contributed by atoms with van der Waals surface area (Å²) < 4.78 is 40.1. The molecule has 1 unspecified atom stereocenters. The SMILES string of the molecule is CNC(CCCOCC(F)(F)F)C1CCCC1. The molecule has 5 heteroatoms. The zero-order valence-electron chi connectivity index (χ0n) is 10.4. The maximum absolute atomic E-state index is 11.8. The third-order valence-electron chi connectivity index (χ3n) is 3.41. The van der Waals surface area contributed by atoms with Crippen molar-refractivity contribution in [1.82, 2.24) is 5.32 Å². The molecule has 0 radical (unpaired) electrons. The summed E-state index contributed by atoms with van der Waals surface area (Å²) in [6.07, 6.45) is 2.45. The van der Waals surface area contributed by atoms with E-state index in [4.69, 9.17) is 0 Å². The van der Waals surface area contributed by atoms with Gasteiger partial charge in [0, 0.05) is 12.6 Å². The molecule has 0 bridgehead atoms. The number of rotatable bonds is 7. The van der Waals surface area contributed by atoms with Crippen LogP contribution in [0, 0.1) is 5.92 Å². The van der Waals surface area contributed by atoms with E-state index in [9.17, 15) is 13.2 Å². The first-order chi connectivity index (χ1) is 8.03. The molecule has 0 aromatic heterocycles. The normalized spacial score (nSPS) is 19.8. The fraction of sp³-hybridized carbons (Fsp3) is 1.00. The van der Waals surface area contributed by atoms with Crippen LogP contribution in [-0.2, 0) is 4.74 Å². The Morgan fingerprint density at radius 1 is 1.29 bits per heavy atom. The summed E-state index contributed by atoms with van der Waals surface area (Å²) in [5.74, 6) is 0.697. The van der Waals surface area contributed by atoms with Crippen LogP contribution in [-0.4, -0.2) is 32.5 Å². The Morgan fingerprint density at radius 2 is 1.94 bits per heavy atom. The molecule has 17 heavy (non-hydrogen) atoms. The molecule has 1 fully saturated rings. The van der Waals surface area contributed by atoms with Gasteiger partial charge in [-0.2, -0.15) is 13.2 Å². The molecule has 1 aliphatic carbocycles. The van der Waals surface area contributed by atoms with E-state index in [-0.39, 0.29) is 6.61 Å². The molecule has 0 aromatic rings. The van der Waals surface area contributed by atoms with Gasteiger partial charge in [-0.15, -0.1) is 0 Å². The lowest BCUT2D eigenvalue weighted by Gasteiger charge is -2.22. The summed E-state index contributed by atoms with van der Waals surface area (Å²) in [5.41, 5.74) is 0. The number of hydrogen-bond acceptors (Lipinski definition) is 2. The van der Waals surface area contributed by atoms with Gasteiger partial charge in [0.25, 0.3) is 0 Å². The van der Waals surface area contributed by atoms with Gasteiger partial charge in [-0.05, 0) is 38.6 Å². The van der Waals surface area contributed by atoms with Gasteiger partial charge in [-0.3, -0.25) is 0 Å². The van der Waals surface area contributed by atoms with E-state index in [0.717, 1.165) is 6.42 Å². The Bertz CT molecular complexity index is 202. The van der Waals surface area contributed by atoms with E-state index in [0.29, 0.717) is 18.4 Å². The summed E-state index contributed by atoms with van der Waals surface area (Å²) in [4.78, 5) is 0. The quantitative estimate of drug-likeness (QED) is 0.704. The van der Waals surface area contributed by atoms with Gasteiger partial charge >= 0.3 is 6.18 Å². The number of nitrogens with one attached hydrogen (secondary N) is 1. The maximum atomic E-state index is 11.8. The van der Waals surface area contributed by atoms with Gasteiger partial charge in [0.05, 0.1) is 0 Å². The van der Waals surface area contributed by atoms with Crippen LogP contribution in [0.1, 0.15) is 38.5 Å². The fourth-order valence-electron chi connectivity index (χ4n) is 2.57.